The summed E-state index contributed by atoms with van der Waals surface area (Å²) in [6.45, 7) is 1.64. The zero-order chi connectivity index (χ0) is 22.5. The number of fused-ring (bicyclic) bond motifs is 2. The van der Waals surface area contributed by atoms with Crippen LogP contribution >= 0.6 is 11.6 Å². The molecule has 1 aliphatic rings. The molecule has 33 heavy (non-hydrogen) atoms. The van der Waals surface area contributed by atoms with Crippen molar-refractivity contribution in [2.45, 2.75) is 13.0 Å². The Labute approximate surface area is 191 Å². The Bertz CT molecular complexity index is 1530. The number of rotatable bonds is 3. The van der Waals surface area contributed by atoms with Gasteiger partial charge in [0.2, 0.25) is 0 Å². The number of aromatic nitrogens is 6. The first kappa shape index (κ1) is 20.0. The highest BCUT2D eigenvalue weighted by atomic mass is 35.5. The SMILES string of the molecule is Fc1cc(F)c(-c2n[nH]cc2-c2ccc3ncc(-c4[nH]nc5c4CCNC5)cc3n2)cc1Cl. The van der Waals surface area contributed by atoms with Gasteiger partial charge in [0.1, 0.15) is 17.3 Å². The van der Waals surface area contributed by atoms with Gasteiger partial charge in [-0.3, -0.25) is 15.2 Å². The fourth-order valence-corrected chi connectivity index (χ4v) is 4.33. The number of nitrogens with one attached hydrogen (secondary N) is 3. The first-order valence-corrected chi connectivity index (χ1v) is 10.7. The van der Waals surface area contributed by atoms with Crippen LogP contribution in [-0.4, -0.2) is 36.9 Å². The Morgan fingerprint density at radius 1 is 0.970 bits per heavy atom. The number of nitrogens with zero attached hydrogens (tertiary/aromatic N) is 4. The summed E-state index contributed by atoms with van der Waals surface area (Å²) in [5.41, 5.74) is 6.95. The smallest absolute Gasteiger partial charge is 0.144 e. The Kier molecular flexibility index (Phi) is 4.67. The highest BCUT2D eigenvalue weighted by molar-refractivity contribution is 6.31. The van der Waals surface area contributed by atoms with E-state index in [1.807, 2.05) is 12.1 Å². The summed E-state index contributed by atoms with van der Waals surface area (Å²) in [7, 11) is 0. The second kappa shape index (κ2) is 7.72. The van der Waals surface area contributed by atoms with Crippen LogP contribution in [-0.2, 0) is 13.0 Å². The highest BCUT2D eigenvalue weighted by Gasteiger charge is 2.20. The minimum Gasteiger partial charge on any atom is -0.311 e. The quantitative estimate of drug-likeness (QED) is 0.338. The summed E-state index contributed by atoms with van der Waals surface area (Å²) in [6, 6.07) is 7.56. The number of halogens is 3. The largest absolute Gasteiger partial charge is 0.311 e. The molecule has 0 unspecified atom stereocenters. The van der Waals surface area contributed by atoms with Crippen molar-refractivity contribution in [3.8, 4) is 33.8 Å². The number of aromatic amines is 2. The summed E-state index contributed by atoms with van der Waals surface area (Å²) in [5, 5.41) is 17.6. The maximum absolute atomic E-state index is 14.5. The summed E-state index contributed by atoms with van der Waals surface area (Å²) in [6.07, 6.45) is 4.31. The molecule has 7 nitrogen and oxygen atoms in total. The molecular weight excluding hydrogens is 448 g/mol. The molecule has 1 aliphatic heterocycles. The molecule has 6 rings (SSSR count). The van der Waals surface area contributed by atoms with Crippen molar-refractivity contribution in [1.29, 1.82) is 0 Å². The summed E-state index contributed by atoms with van der Waals surface area (Å²) in [4.78, 5) is 9.31. The van der Waals surface area contributed by atoms with Gasteiger partial charge in [-0.25, -0.2) is 13.8 Å². The number of benzene rings is 1. The average molecular weight is 464 g/mol. The topological polar surface area (TPSA) is 95.2 Å². The molecule has 0 spiro atoms. The van der Waals surface area contributed by atoms with E-state index in [9.17, 15) is 8.78 Å². The van der Waals surface area contributed by atoms with Crippen LogP contribution in [0.1, 0.15) is 11.3 Å². The van der Waals surface area contributed by atoms with Crippen molar-refractivity contribution in [1.82, 2.24) is 35.7 Å². The van der Waals surface area contributed by atoms with Crippen LogP contribution < -0.4 is 5.32 Å². The molecule has 1 aromatic carbocycles. The van der Waals surface area contributed by atoms with E-state index < -0.39 is 11.6 Å². The van der Waals surface area contributed by atoms with Gasteiger partial charge < -0.3 is 5.32 Å². The second-order valence-corrected chi connectivity index (χ2v) is 8.21. The van der Waals surface area contributed by atoms with E-state index in [1.54, 1.807) is 18.5 Å². The van der Waals surface area contributed by atoms with Gasteiger partial charge in [0.25, 0.3) is 0 Å². The number of H-pyrrole nitrogens is 2. The Morgan fingerprint density at radius 3 is 2.79 bits per heavy atom. The predicted octanol–water partition coefficient (Wildman–Crippen LogP) is 4.65. The van der Waals surface area contributed by atoms with E-state index in [0.717, 1.165) is 48.0 Å². The minimum atomic E-state index is -0.825. The molecule has 0 aliphatic carbocycles. The van der Waals surface area contributed by atoms with Gasteiger partial charge in [0, 0.05) is 47.3 Å². The number of pyridine rings is 2. The molecule has 0 saturated carbocycles. The van der Waals surface area contributed by atoms with Crippen LogP contribution in [0.15, 0.2) is 42.7 Å². The predicted molar refractivity (Wildman–Crippen MR) is 120 cm³/mol. The normalized spacial score (nSPS) is 13.4. The Hall–Kier alpha value is -3.69. The van der Waals surface area contributed by atoms with Crippen LogP contribution in [0.25, 0.3) is 44.8 Å². The van der Waals surface area contributed by atoms with Crippen molar-refractivity contribution in [3.63, 3.8) is 0 Å². The molecule has 0 atom stereocenters. The third-order valence-corrected chi connectivity index (χ3v) is 6.09. The van der Waals surface area contributed by atoms with E-state index in [0.29, 0.717) is 22.5 Å². The molecule has 4 aromatic heterocycles. The summed E-state index contributed by atoms with van der Waals surface area (Å²) >= 11 is 5.88. The van der Waals surface area contributed by atoms with E-state index in [2.05, 4.69) is 30.7 Å². The van der Waals surface area contributed by atoms with Crippen molar-refractivity contribution < 1.29 is 8.78 Å². The fourth-order valence-electron chi connectivity index (χ4n) is 4.16. The lowest BCUT2D eigenvalue weighted by Crippen LogP contribution is -2.23. The molecule has 5 aromatic rings. The lowest BCUT2D eigenvalue weighted by atomic mass is 10.0. The molecule has 0 amide bonds. The van der Waals surface area contributed by atoms with Crippen LogP contribution in [0, 0.1) is 11.6 Å². The summed E-state index contributed by atoms with van der Waals surface area (Å²) in [5.74, 6) is -1.58. The molecule has 0 bridgehead atoms. The third kappa shape index (κ3) is 3.37. The van der Waals surface area contributed by atoms with Gasteiger partial charge in [0.05, 0.1) is 33.1 Å². The maximum atomic E-state index is 14.5. The molecule has 10 heteroatoms. The van der Waals surface area contributed by atoms with Crippen molar-refractivity contribution >= 4 is 22.6 Å². The van der Waals surface area contributed by atoms with Crippen molar-refractivity contribution in [2.75, 3.05) is 6.54 Å². The van der Waals surface area contributed by atoms with E-state index >= 15 is 0 Å². The van der Waals surface area contributed by atoms with Crippen LogP contribution in [0.2, 0.25) is 5.02 Å². The standard InChI is InChI=1S/C23H16ClF2N7/c24-15-6-13(16(25)7-17(15)26)23-14(9-29-32-23)18-1-2-19-20(30-18)5-11(8-28-19)22-12-3-4-27-10-21(12)31-33-22/h1-2,5-9,27H,3-4,10H2,(H,29,32)(H,31,33). The maximum Gasteiger partial charge on any atom is 0.144 e. The first-order valence-electron chi connectivity index (χ1n) is 10.3. The molecule has 0 fully saturated rings. The third-order valence-electron chi connectivity index (χ3n) is 5.80. The lowest BCUT2D eigenvalue weighted by molar-refractivity contribution is 0.585. The molecule has 5 heterocycles. The molecule has 0 saturated heterocycles. The molecule has 164 valence electrons. The average Bonchev–Trinajstić information content (AvgIpc) is 3.48. The lowest BCUT2D eigenvalue weighted by Gasteiger charge is -2.12. The van der Waals surface area contributed by atoms with Crippen LogP contribution in [0.5, 0.6) is 0 Å². The van der Waals surface area contributed by atoms with Crippen LogP contribution in [0.4, 0.5) is 8.78 Å². The van der Waals surface area contributed by atoms with E-state index in [1.165, 1.54) is 11.6 Å². The van der Waals surface area contributed by atoms with Gasteiger partial charge in [-0.05, 0) is 37.2 Å². The molecular formula is C23H16ClF2N7. The monoisotopic (exact) mass is 463 g/mol. The van der Waals surface area contributed by atoms with Crippen LogP contribution in [0.3, 0.4) is 0 Å². The Balaban J connectivity index is 1.45. The van der Waals surface area contributed by atoms with Crippen molar-refractivity contribution in [2.24, 2.45) is 0 Å². The van der Waals surface area contributed by atoms with Crippen molar-refractivity contribution in [3.05, 3.63) is 70.6 Å². The summed E-state index contributed by atoms with van der Waals surface area (Å²) < 4.78 is 28.1. The molecule has 3 N–H and O–H groups in total. The zero-order valence-corrected chi connectivity index (χ0v) is 17.8. The number of hydrogen-bond acceptors (Lipinski definition) is 5. The van der Waals surface area contributed by atoms with Gasteiger partial charge >= 0.3 is 0 Å². The van der Waals surface area contributed by atoms with E-state index in [-0.39, 0.29) is 10.6 Å². The number of hydrogen-bond donors (Lipinski definition) is 3. The van der Waals surface area contributed by atoms with Gasteiger partial charge in [-0.15, -0.1) is 0 Å². The highest BCUT2D eigenvalue weighted by Crippen LogP contribution is 2.34. The fraction of sp³-hybridized carbons (Fsp3) is 0.130. The van der Waals surface area contributed by atoms with Gasteiger partial charge in [-0.2, -0.15) is 10.2 Å². The Morgan fingerprint density at radius 2 is 1.88 bits per heavy atom. The minimum absolute atomic E-state index is 0.0871. The first-order chi connectivity index (χ1) is 16.1. The molecule has 0 radical (unpaired) electrons. The second-order valence-electron chi connectivity index (χ2n) is 7.80. The zero-order valence-electron chi connectivity index (χ0n) is 17.1. The van der Waals surface area contributed by atoms with Gasteiger partial charge in [-0.1, -0.05) is 11.6 Å². The van der Waals surface area contributed by atoms with E-state index in [4.69, 9.17) is 16.6 Å². The van der Waals surface area contributed by atoms with Gasteiger partial charge in [0.15, 0.2) is 0 Å².